The van der Waals surface area contributed by atoms with E-state index in [9.17, 15) is 4.79 Å². The molecule has 0 radical (unpaired) electrons. The normalized spacial score (nSPS) is 20.9. The van der Waals surface area contributed by atoms with Gasteiger partial charge in [0.05, 0.1) is 19.3 Å². The average Bonchev–Trinajstić information content (AvgIpc) is 2.17. The molecule has 1 aliphatic heterocycles. The summed E-state index contributed by atoms with van der Waals surface area (Å²) in [5.74, 6) is 0. The van der Waals surface area contributed by atoms with Crippen molar-refractivity contribution < 1.29 is 14.6 Å². The number of rotatable bonds is 3. The smallest absolute Gasteiger partial charge is 0.317 e. The summed E-state index contributed by atoms with van der Waals surface area (Å²) in [5.41, 5.74) is 0. The summed E-state index contributed by atoms with van der Waals surface area (Å²) in [6.07, 6.45) is 0.195. The van der Waals surface area contributed by atoms with Gasteiger partial charge >= 0.3 is 6.03 Å². The van der Waals surface area contributed by atoms with Crippen molar-refractivity contribution in [2.75, 3.05) is 26.3 Å². The maximum Gasteiger partial charge on any atom is 0.317 e. The van der Waals surface area contributed by atoms with Crippen LogP contribution in [0.2, 0.25) is 0 Å². The molecular weight excluding hydrogens is 196 g/mol. The minimum absolute atomic E-state index is 0.000319. The fourth-order valence-electron chi connectivity index (χ4n) is 1.64. The highest BCUT2D eigenvalue weighted by atomic mass is 16.5. The number of carbonyl (C=O) groups excluding carboxylic acids is 1. The third kappa shape index (κ3) is 4.48. The minimum Gasteiger partial charge on any atom is -0.393 e. The molecule has 1 saturated heterocycles. The van der Waals surface area contributed by atoms with Gasteiger partial charge in [0.25, 0.3) is 0 Å². The van der Waals surface area contributed by atoms with E-state index >= 15 is 0 Å². The van der Waals surface area contributed by atoms with Gasteiger partial charge in [0.2, 0.25) is 0 Å². The van der Waals surface area contributed by atoms with Crippen LogP contribution in [0.15, 0.2) is 0 Å². The molecular formula is C10H20N2O3. The van der Waals surface area contributed by atoms with E-state index in [1.807, 2.05) is 6.92 Å². The Morgan fingerprint density at radius 2 is 2.07 bits per heavy atom. The van der Waals surface area contributed by atoms with Crippen LogP contribution in [0.4, 0.5) is 4.79 Å². The van der Waals surface area contributed by atoms with Crippen LogP contribution in [0, 0.1) is 0 Å². The number of nitrogens with one attached hydrogen (secondary N) is 1. The molecule has 0 aromatic heterocycles. The molecule has 2 N–H and O–H groups in total. The van der Waals surface area contributed by atoms with Gasteiger partial charge in [-0.15, -0.1) is 0 Å². The Hall–Kier alpha value is -0.810. The lowest BCUT2D eigenvalue weighted by atomic mass is 10.1. The topological polar surface area (TPSA) is 61.8 Å². The monoisotopic (exact) mass is 216 g/mol. The number of amides is 2. The van der Waals surface area contributed by atoms with Crippen LogP contribution < -0.4 is 5.32 Å². The molecule has 0 spiro atoms. The van der Waals surface area contributed by atoms with Crippen molar-refractivity contribution in [2.45, 2.75) is 32.4 Å². The lowest BCUT2D eigenvalue weighted by molar-refractivity contribution is 0.0521. The number of morpholine rings is 1. The Labute approximate surface area is 90.4 Å². The van der Waals surface area contributed by atoms with Crippen molar-refractivity contribution in [1.82, 2.24) is 10.2 Å². The van der Waals surface area contributed by atoms with Crippen molar-refractivity contribution in [2.24, 2.45) is 0 Å². The molecule has 0 bridgehead atoms. The van der Waals surface area contributed by atoms with E-state index in [0.717, 1.165) is 0 Å². The van der Waals surface area contributed by atoms with Crippen LogP contribution in [-0.2, 0) is 4.74 Å². The average molecular weight is 216 g/mol. The van der Waals surface area contributed by atoms with Gasteiger partial charge in [0, 0.05) is 19.1 Å². The van der Waals surface area contributed by atoms with Crippen molar-refractivity contribution in [3.63, 3.8) is 0 Å². The van der Waals surface area contributed by atoms with Crippen LogP contribution in [0.25, 0.3) is 0 Å². The van der Waals surface area contributed by atoms with Gasteiger partial charge in [-0.05, 0) is 20.3 Å². The second-order valence-electron chi connectivity index (χ2n) is 4.03. The predicted molar refractivity (Wildman–Crippen MR) is 56.7 cm³/mol. The van der Waals surface area contributed by atoms with E-state index in [0.29, 0.717) is 32.7 Å². The Morgan fingerprint density at radius 1 is 1.47 bits per heavy atom. The predicted octanol–water partition coefficient (Wildman–Crippen LogP) is 0.188. The maximum atomic E-state index is 11.7. The highest BCUT2D eigenvalue weighted by Gasteiger charge is 2.18. The van der Waals surface area contributed by atoms with E-state index in [2.05, 4.69) is 5.32 Å². The number of hydrogen-bond acceptors (Lipinski definition) is 3. The summed E-state index contributed by atoms with van der Waals surface area (Å²) in [7, 11) is 0. The molecule has 0 aromatic rings. The van der Waals surface area contributed by atoms with Crippen LogP contribution in [0.1, 0.15) is 20.3 Å². The second-order valence-corrected chi connectivity index (χ2v) is 4.03. The molecule has 1 aliphatic rings. The molecule has 0 aromatic carbocycles. The summed E-state index contributed by atoms with van der Waals surface area (Å²) < 4.78 is 5.16. The quantitative estimate of drug-likeness (QED) is 0.708. The molecule has 2 atom stereocenters. The van der Waals surface area contributed by atoms with Gasteiger partial charge in [0.1, 0.15) is 0 Å². The maximum absolute atomic E-state index is 11.7. The first-order valence-corrected chi connectivity index (χ1v) is 5.41. The van der Waals surface area contributed by atoms with E-state index in [4.69, 9.17) is 9.84 Å². The Bertz CT molecular complexity index is 203. The third-order valence-electron chi connectivity index (χ3n) is 2.36. The first-order chi connectivity index (χ1) is 7.09. The number of carbonyl (C=O) groups is 1. The van der Waals surface area contributed by atoms with Crippen molar-refractivity contribution in [3.8, 4) is 0 Å². The largest absolute Gasteiger partial charge is 0.393 e. The number of ether oxygens (including phenoxy) is 1. The molecule has 5 heteroatoms. The third-order valence-corrected chi connectivity index (χ3v) is 2.36. The summed E-state index contributed by atoms with van der Waals surface area (Å²) in [4.78, 5) is 13.4. The molecule has 1 heterocycles. The molecule has 5 nitrogen and oxygen atoms in total. The van der Waals surface area contributed by atoms with Crippen LogP contribution >= 0.6 is 0 Å². The zero-order valence-corrected chi connectivity index (χ0v) is 9.40. The molecule has 15 heavy (non-hydrogen) atoms. The number of nitrogens with zero attached hydrogens (tertiary/aromatic N) is 1. The van der Waals surface area contributed by atoms with E-state index in [1.165, 1.54) is 0 Å². The van der Waals surface area contributed by atoms with Crippen molar-refractivity contribution >= 4 is 6.03 Å². The zero-order chi connectivity index (χ0) is 11.3. The Morgan fingerprint density at radius 3 is 2.60 bits per heavy atom. The standard InChI is InChI=1S/C10H20N2O3/c1-8(7-9(2)13)11-10(14)12-3-5-15-6-4-12/h8-9,13H,3-7H2,1-2H3,(H,11,14). The summed E-state index contributed by atoms with van der Waals surface area (Å²) in [6, 6.07) is -0.0632. The number of urea groups is 1. The zero-order valence-electron chi connectivity index (χ0n) is 9.40. The Balaban J connectivity index is 2.27. The van der Waals surface area contributed by atoms with Crippen LogP contribution in [0.3, 0.4) is 0 Å². The first kappa shape index (κ1) is 12.3. The Kier molecular flexibility index (Phi) is 4.84. The summed E-state index contributed by atoms with van der Waals surface area (Å²) >= 11 is 0. The van der Waals surface area contributed by atoms with Crippen LogP contribution in [-0.4, -0.2) is 54.5 Å². The second kappa shape index (κ2) is 5.92. The van der Waals surface area contributed by atoms with Crippen molar-refractivity contribution in [1.29, 1.82) is 0 Å². The number of aliphatic hydroxyl groups is 1. The molecule has 0 aliphatic carbocycles. The molecule has 1 fully saturated rings. The molecule has 0 saturated carbocycles. The number of hydrogen-bond donors (Lipinski definition) is 2. The highest BCUT2D eigenvalue weighted by Crippen LogP contribution is 2.01. The van der Waals surface area contributed by atoms with Gasteiger partial charge in [0.15, 0.2) is 0 Å². The molecule has 88 valence electrons. The molecule has 1 rings (SSSR count). The van der Waals surface area contributed by atoms with E-state index < -0.39 is 0 Å². The fraction of sp³-hybridized carbons (Fsp3) is 0.900. The van der Waals surface area contributed by atoms with Gasteiger partial charge in [-0.3, -0.25) is 0 Å². The highest BCUT2D eigenvalue weighted by molar-refractivity contribution is 5.74. The SMILES string of the molecule is CC(O)CC(C)NC(=O)N1CCOCC1. The lowest BCUT2D eigenvalue weighted by Gasteiger charge is -2.28. The first-order valence-electron chi connectivity index (χ1n) is 5.41. The lowest BCUT2D eigenvalue weighted by Crippen LogP contribution is -2.49. The number of aliphatic hydroxyl groups excluding tert-OH is 1. The van der Waals surface area contributed by atoms with Gasteiger partial charge in [-0.1, -0.05) is 0 Å². The summed E-state index contributed by atoms with van der Waals surface area (Å²) in [5, 5.41) is 12.0. The van der Waals surface area contributed by atoms with Crippen molar-refractivity contribution in [3.05, 3.63) is 0 Å². The molecule has 2 amide bonds. The van der Waals surface area contributed by atoms with E-state index in [-0.39, 0.29) is 18.2 Å². The van der Waals surface area contributed by atoms with Crippen LogP contribution in [0.5, 0.6) is 0 Å². The summed E-state index contributed by atoms with van der Waals surface area (Å²) in [6.45, 7) is 6.12. The van der Waals surface area contributed by atoms with E-state index in [1.54, 1.807) is 11.8 Å². The van der Waals surface area contributed by atoms with Gasteiger partial charge in [-0.2, -0.15) is 0 Å². The minimum atomic E-state index is -0.384. The molecule has 2 unspecified atom stereocenters. The van der Waals surface area contributed by atoms with Gasteiger partial charge in [-0.25, -0.2) is 4.79 Å². The fourth-order valence-corrected chi connectivity index (χ4v) is 1.64. The van der Waals surface area contributed by atoms with Gasteiger partial charge < -0.3 is 20.1 Å².